The van der Waals surface area contributed by atoms with Gasteiger partial charge in [-0.2, -0.15) is 16.8 Å². The number of hydrogen-bond acceptors (Lipinski definition) is 22. The maximum Gasteiger partial charge on any atom is 0.295 e. The molecule has 2 heterocycles. The van der Waals surface area contributed by atoms with Crippen LogP contribution in [0.3, 0.4) is 0 Å². The van der Waals surface area contributed by atoms with Crippen LogP contribution in [0.5, 0.6) is 0 Å². The van der Waals surface area contributed by atoms with Crippen molar-refractivity contribution >= 4 is 44.3 Å². The maximum absolute atomic E-state index is 11.8. The molecule has 22 nitrogen and oxygen atoms in total. The van der Waals surface area contributed by atoms with Gasteiger partial charge in [0.05, 0.1) is 17.8 Å². The van der Waals surface area contributed by atoms with Crippen LogP contribution in [-0.2, 0) is 39.0 Å². The number of hydrogen-bond donors (Lipinski definition) is 14. The summed E-state index contributed by atoms with van der Waals surface area (Å²) in [6.45, 7) is 0.274. The summed E-state index contributed by atoms with van der Waals surface area (Å²) < 4.78 is 73.1. The summed E-state index contributed by atoms with van der Waals surface area (Å²) in [6.07, 6.45) is 0.556. The van der Waals surface area contributed by atoms with E-state index in [4.69, 9.17) is 15.1 Å². The molecule has 0 aromatic rings. The third-order valence-corrected chi connectivity index (χ3v) is 8.92. The first-order chi connectivity index (χ1) is 19.9. The van der Waals surface area contributed by atoms with Crippen molar-refractivity contribution in [1.82, 2.24) is 53.2 Å². The fraction of sp³-hybridized carbons (Fsp3) is 1.00. The molecule has 42 heavy (non-hydrogen) atoms. The quantitative estimate of drug-likeness (QED) is 0.0213. The minimum absolute atomic E-state index is 0.00842. The van der Waals surface area contributed by atoms with Crippen LogP contribution in [0.25, 0.3) is 0 Å². The van der Waals surface area contributed by atoms with Crippen LogP contribution in [0.4, 0.5) is 0 Å². The smallest absolute Gasteiger partial charge is 0.289 e. The van der Waals surface area contributed by atoms with E-state index in [1.165, 1.54) is 0 Å². The lowest BCUT2D eigenvalue weighted by molar-refractivity contribution is -0.432. The van der Waals surface area contributed by atoms with E-state index < -0.39 is 62.1 Å². The number of rotatable bonds is 18. The van der Waals surface area contributed by atoms with Crippen molar-refractivity contribution in [3.8, 4) is 0 Å². The van der Waals surface area contributed by atoms with Gasteiger partial charge in [-0.15, -0.1) is 8.67 Å². The van der Waals surface area contributed by atoms with Gasteiger partial charge >= 0.3 is 0 Å². The highest BCUT2D eigenvalue weighted by Gasteiger charge is 2.36. The van der Waals surface area contributed by atoms with Crippen LogP contribution in [0.2, 0.25) is 0 Å². The highest BCUT2D eigenvalue weighted by atomic mass is 32.2. The van der Waals surface area contributed by atoms with Crippen molar-refractivity contribution in [3.63, 3.8) is 0 Å². The third-order valence-electron chi connectivity index (χ3n) is 6.20. The predicted octanol–water partition coefficient (Wildman–Crippen LogP) is -4.16. The molecule has 8 unspecified atom stereocenters. The molecule has 3 fully saturated rings. The van der Waals surface area contributed by atoms with Crippen LogP contribution >= 0.6 is 24.1 Å². The van der Waals surface area contributed by atoms with Crippen molar-refractivity contribution < 1.29 is 55.2 Å². The molecule has 0 radical (unpaired) electrons. The summed E-state index contributed by atoms with van der Waals surface area (Å²) in [5.41, 5.74) is -2.06. The molecule has 248 valence electrons. The predicted molar refractivity (Wildman–Crippen MR) is 147 cm³/mol. The molecule has 14 N–H and O–H groups in total. The Kier molecular flexibility index (Phi) is 15.7. The van der Waals surface area contributed by atoms with Gasteiger partial charge in [-0.25, -0.2) is 10.5 Å². The Morgan fingerprint density at radius 1 is 0.762 bits per heavy atom. The Hall–Kier alpha value is -0.120. The van der Waals surface area contributed by atoms with Gasteiger partial charge in [0.15, 0.2) is 5.50 Å². The van der Waals surface area contributed by atoms with E-state index in [-0.39, 0.29) is 18.6 Å². The van der Waals surface area contributed by atoms with E-state index in [9.17, 15) is 21.4 Å². The molecule has 1 saturated carbocycles. The van der Waals surface area contributed by atoms with Gasteiger partial charge in [-0.1, -0.05) is 16.5 Å². The molecular weight excluding hydrogens is 653 g/mol. The second kappa shape index (κ2) is 18.1. The van der Waals surface area contributed by atoms with E-state index in [0.29, 0.717) is 18.7 Å². The molecule has 1 aliphatic carbocycles. The minimum Gasteiger partial charge on any atom is -0.289 e. The average Bonchev–Trinajstić information content (AvgIpc) is 2.91. The normalized spacial score (nSPS) is 33.0. The Balaban J connectivity index is 1.53. The summed E-state index contributed by atoms with van der Waals surface area (Å²) in [6, 6.07) is -0.0772. The van der Waals surface area contributed by atoms with Gasteiger partial charge in [0, 0.05) is 43.0 Å². The maximum atomic E-state index is 11.8. The second-order valence-corrected chi connectivity index (χ2v) is 14.0. The summed E-state index contributed by atoms with van der Waals surface area (Å²) in [5, 5.41) is 54.6. The molecule has 3 aliphatic rings. The van der Waals surface area contributed by atoms with Gasteiger partial charge in [0.25, 0.3) is 20.2 Å². The lowest BCUT2D eigenvalue weighted by Gasteiger charge is -2.43. The monoisotopic (exact) mass is 690 g/mol. The zero-order valence-corrected chi connectivity index (χ0v) is 25.2. The van der Waals surface area contributed by atoms with E-state index in [2.05, 4.69) is 71.9 Å². The van der Waals surface area contributed by atoms with Gasteiger partial charge in [0.1, 0.15) is 30.7 Å². The van der Waals surface area contributed by atoms with Gasteiger partial charge < -0.3 is 0 Å². The van der Waals surface area contributed by atoms with Gasteiger partial charge in [-0.3, -0.25) is 62.3 Å². The molecule has 0 amide bonds. The van der Waals surface area contributed by atoms with E-state index in [0.717, 1.165) is 43.3 Å². The van der Waals surface area contributed by atoms with Crippen molar-refractivity contribution in [2.24, 2.45) is 0 Å². The van der Waals surface area contributed by atoms with Crippen molar-refractivity contribution in [3.05, 3.63) is 0 Å². The fourth-order valence-electron chi connectivity index (χ4n) is 4.54. The van der Waals surface area contributed by atoms with E-state index in [1.54, 1.807) is 0 Å². The Morgan fingerprint density at radius 3 is 1.95 bits per heavy atom. The van der Waals surface area contributed by atoms with Crippen molar-refractivity contribution in [2.75, 3.05) is 24.6 Å². The first-order valence-electron chi connectivity index (χ1n) is 12.6. The van der Waals surface area contributed by atoms with Gasteiger partial charge in [-0.05, 0) is 19.3 Å². The molecule has 0 aromatic carbocycles. The Morgan fingerprint density at radius 2 is 1.33 bits per heavy atom. The number of nitrogens with one attached hydrogen (secondary N) is 10. The standard InChI is InChI=1S/C16H38N10O12S4/c27-35-37-39-6-4-17-11-21-13(24-15(23-11)40-38-36-28)19-9-2-1-3-10(8-9)20-14-22-12(18-5-7-41(29,30)31)25-16(26-14)42(32,33)34/h9-28H,1-8H2,(H,29,30,31)(H,32,33,34). The molecule has 0 aromatic heterocycles. The van der Waals surface area contributed by atoms with E-state index in [1.807, 2.05) is 0 Å². The summed E-state index contributed by atoms with van der Waals surface area (Å²) in [5.74, 6) is -0.144. The highest BCUT2D eigenvalue weighted by molar-refractivity contribution is 7.95. The van der Waals surface area contributed by atoms with Crippen molar-refractivity contribution in [1.29, 1.82) is 0 Å². The van der Waals surface area contributed by atoms with Crippen LogP contribution in [0, 0.1) is 0 Å². The lowest BCUT2D eigenvalue weighted by atomic mass is 9.91. The average molecular weight is 691 g/mol. The Labute approximate surface area is 250 Å². The minimum atomic E-state index is -4.56. The second-order valence-electron chi connectivity index (χ2n) is 9.30. The summed E-state index contributed by atoms with van der Waals surface area (Å²) >= 11 is 1.69. The summed E-state index contributed by atoms with van der Waals surface area (Å²) in [4.78, 5) is 0. The van der Waals surface area contributed by atoms with E-state index >= 15 is 0 Å². The topological polar surface area (TPSA) is 306 Å². The molecule has 8 atom stereocenters. The van der Waals surface area contributed by atoms with Crippen molar-refractivity contribution in [2.45, 2.75) is 73.9 Å². The largest absolute Gasteiger partial charge is 0.295 e. The van der Waals surface area contributed by atoms with Crippen LogP contribution < -0.4 is 53.2 Å². The molecular formula is C16H38N10O12S4. The van der Waals surface area contributed by atoms with Crippen LogP contribution in [-0.4, -0.2) is 109 Å². The molecule has 0 bridgehead atoms. The van der Waals surface area contributed by atoms with Crippen LogP contribution in [0.1, 0.15) is 25.7 Å². The Bertz CT molecular complexity index is 1010. The highest BCUT2D eigenvalue weighted by Crippen LogP contribution is 2.20. The first kappa shape index (κ1) is 36.3. The SMILES string of the molecule is O=S(=O)(O)CCNC1NC(NC2CCCC(NC3NC(NCCSOOO)NC(SOOO)N3)C2)NC(S(=O)(=O)O)N1. The molecule has 2 aliphatic heterocycles. The molecule has 0 spiro atoms. The lowest BCUT2D eigenvalue weighted by Crippen LogP contribution is -2.77. The zero-order valence-electron chi connectivity index (χ0n) is 22.0. The molecule has 2 saturated heterocycles. The first-order valence-corrected chi connectivity index (χ1v) is 17.5. The molecule has 26 heteroatoms. The molecule has 3 rings (SSSR count). The zero-order chi connectivity index (χ0) is 30.6. The third kappa shape index (κ3) is 13.9. The summed E-state index contributed by atoms with van der Waals surface area (Å²) in [7, 11) is -8.79. The van der Waals surface area contributed by atoms with Crippen LogP contribution in [0.15, 0.2) is 0 Å². The fourth-order valence-corrected chi connectivity index (χ4v) is 6.34. The van der Waals surface area contributed by atoms with Gasteiger partial charge in [0.2, 0.25) is 0 Å².